The molecule has 2 aromatic carbocycles. The first-order valence-electron chi connectivity index (χ1n) is 5.65. The van der Waals surface area contributed by atoms with Crippen LogP contribution in [-0.4, -0.2) is 0 Å². The Morgan fingerprint density at radius 2 is 1.47 bits per heavy atom. The average Bonchev–Trinajstić information content (AvgIpc) is 2.74. The van der Waals surface area contributed by atoms with Crippen LogP contribution in [0.1, 0.15) is 22.6 Å². The maximum Gasteiger partial charge on any atom is 0 e. The monoisotopic (exact) mass is 639 g/mol. The van der Waals surface area contributed by atoms with Crippen molar-refractivity contribution in [1.29, 1.82) is 0 Å². The normalized spacial score (nSPS) is 14.6. The number of halogens is 2. The maximum atomic E-state index is 3.45. The molecule has 0 heterocycles. The van der Waals surface area contributed by atoms with Gasteiger partial charge in [0, 0.05) is 25.8 Å². The van der Waals surface area contributed by atoms with E-state index < -0.39 is 0 Å². The van der Waals surface area contributed by atoms with Gasteiger partial charge in [-0.2, -0.15) is 5.56 Å². The molecule has 0 saturated carbocycles. The summed E-state index contributed by atoms with van der Waals surface area (Å²) in [5.41, 5.74) is 4.11. The number of rotatable bonds is 2. The second-order valence-corrected chi connectivity index (χ2v) is 4.18. The summed E-state index contributed by atoms with van der Waals surface area (Å²) in [6.45, 7) is 0. The van der Waals surface area contributed by atoms with Crippen LogP contribution in [0.15, 0.2) is 54.6 Å². The van der Waals surface area contributed by atoms with Gasteiger partial charge in [0.1, 0.15) is 0 Å². The molecule has 98 valence electrons. The average molecular weight is 638 g/mol. The van der Waals surface area contributed by atoms with E-state index in [1.807, 2.05) is 0 Å². The molecule has 0 spiro atoms. The van der Waals surface area contributed by atoms with Gasteiger partial charge in [0.15, 0.2) is 0 Å². The molecule has 0 N–H and O–H groups in total. The molecule has 1 aliphatic rings. The van der Waals surface area contributed by atoms with Crippen molar-refractivity contribution in [3.05, 3.63) is 77.4 Å². The Morgan fingerprint density at radius 1 is 0.842 bits per heavy atom. The quantitative estimate of drug-likeness (QED) is 0.200. The fraction of sp³-hybridized carbons (Fsp3) is 0.125. The molecule has 3 rings (SSSR count). The van der Waals surface area contributed by atoms with Gasteiger partial charge in [-0.1, -0.05) is 54.4 Å². The minimum atomic E-state index is 0. The Bertz CT molecular complexity index is 523. The van der Waals surface area contributed by atoms with Crippen molar-refractivity contribution in [3.8, 4) is 0 Å². The van der Waals surface area contributed by atoms with Gasteiger partial charge in [-0.15, -0.1) is 11.6 Å². The van der Waals surface area contributed by atoms with Crippen molar-refractivity contribution >= 4 is 6.08 Å². The predicted molar refractivity (Wildman–Crippen MR) is 67.0 cm³/mol. The Morgan fingerprint density at radius 3 is 2.21 bits per heavy atom. The zero-order valence-electron chi connectivity index (χ0n) is 10.3. The summed E-state index contributed by atoms with van der Waals surface area (Å²) < 4.78 is 0. The van der Waals surface area contributed by atoms with Gasteiger partial charge in [0.25, 0.3) is 0 Å². The van der Waals surface area contributed by atoms with Crippen molar-refractivity contribution in [1.82, 2.24) is 0 Å². The summed E-state index contributed by atoms with van der Waals surface area (Å²) >= 11 is 0. The van der Waals surface area contributed by atoms with E-state index in [2.05, 4.69) is 66.7 Å². The van der Waals surface area contributed by atoms with Gasteiger partial charge in [-0.3, -0.25) is 6.08 Å². The number of allylic oxidation sites excluding steroid dienone is 1. The van der Waals surface area contributed by atoms with Crippen LogP contribution in [0.25, 0.3) is 6.08 Å². The molecular weight excluding hydrogens is 624 g/mol. The second kappa shape index (κ2) is 9.45. The SMILES string of the molecule is [C-]1=Cc2ccccc2C1Cc1ccccc1.[Hf].[I-].[I-]. The molecule has 0 aromatic heterocycles. The van der Waals surface area contributed by atoms with Crippen molar-refractivity contribution in [2.75, 3.05) is 0 Å². The van der Waals surface area contributed by atoms with Gasteiger partial charge >= 0.3 is 0 Å². The Labute approximate surface area is 167 Å². The molecular formula is C16H13HfI2-3. The molecule has 0 bridgehead atoms. The van der Waals surface area contributed by atoms with E-state index in [0.29, 0.717) is 5.92 Å². The van der Waals surface area contributed by atoms with Crippen molar-refractivity contribution in [2.24, 2.45) is 0 Å². The Balaban J connectivity index is 0.00000108. The molecule has 0 saturated heterocycles. The summed E-state index contributed by atoms with van der Waals surface area (Å²) in [5.74, 6) is 0.429. The van der Waals surface area contributed by atoms with Crippen molar-refractivity contribution in [2.45, 2.75) is 12.3 Å². The van der Waals surface area contributed by atoms with E-state index in [0.717, 1.165) is 6.42 Å². The molecule has 0 fully saturated rings. The summed E-state index contributed by atoms with van der Waals surface area (Å²) in [6, 6.07) is 19.2. The van der Waals surface area contributed by atoms with Crippen LogP contribution < -0.4 is 48.0 Å². The molecule has 1 aliphatic carbocycles. The first-order chi connectivity index (χ1) is 7.93. The zero-order valence-corrected chi connectivity index (χ0v) is 18.2. The second-order valence-electron chi connectivity index (χ2n) is 4.18. The predicted octanol–water partition coefficient (Wildman–Crippen LogP) is -2.15. The largest absolute Gasteiger partial charge is 1.00 e. The number of hydrogen-bond acceptors (Lipinski definition) is 0. The van der Waals surface area contributed by atoms with Crippen LogP contribution in [0.4, 0.5) is 0 Å². The third kappa shape index (κ3) is 4.77. The molecule has 0 nitrogen and oxygen atoms in total. The van der Waals surface area contributed by atoms with E-state index in [9.17, 15) is 0 Å². The van der Waals surface area contributed by atoms with E-state index >= 15 is 0 Å². The zero-order chi connectivity index (χ0) is 10.8. The summed E-state index contributed by atoms with van der Waals surface area (Å²) in [5, 5.41) is 0. The Kier molecular flexibility index (Phi) is 9.70. The van der Waals surface area contributed by atoms with Crippen molar-refractivity contribution < 1.29 is 73.8 Å². The van der Waals surface area contributed by atoms with Crippen LogP contribution in [0.5, 0.6) is 0 Å². The standard InChI is InChI=1S/C16H13.Hf.2HI/c1-2-6-13(7-3-1)12-15-11-10-14-8-4-5-9-16(14)15;;;/h1-10,15H,12H2;;2*1H/q-1;;;/p-2. The number of fused-ring (bicyclic) bond motifs is 1. The molecule has 1 atom stereocenters. The van der Waals surface area contributed by atoms with E-state index in [1.165, 1.54) is 16.7 Å². The van der Waals surface area contributed by atoms with Gasteiger partial charge in [0.05, 0.1) is 0 Å². The minimum Gasteiger partial charge on any atom is -1.00 e. The Hall–Kier alpha value is 0.510. The molecule has 1 unspecified atom stereocenters. The molecule has 0 radical (unpaired) electrons. The smallest absolute Gasteiger partial charge is 0 e. The third-order valence-corrected chi connectivity index (χ3v) is 3.09. The molecule has 0 amide bonds. The first kappa shape index (κ1) is 19.5. The summed E-state index contributed by atoms with van der Waals surface area (Å²) in [4.78, 5) is 0. The molecule has 3 heteroatoms. The van der Waals surface area contributed by atoms with Crippen LogP contribution in [0.2, 0.25) is 0 Å². The van der Waals surface area contributed by atoms with Gasteiger partial charge in [-0.05, 0) is 12.0 Å². The fourth-order valence-corrected chi connectivity index (χ4v) is 2.26. The summed E-state index contributed by atoms with van der Waals surface area (Å²) in [6.07, 6.45) is 6.61. The summed E-state index contributed by atoms with van der Waals surface area (Å²) in [7, 11) is 0. The molecule has 19 heavy (non-hydrogen) atoms. The maximum absolute atomic E-state index is 3.45. The topological polar surface area (TPSA) is 0 Å². The third-order valence-electron chi connectivity index (χ3n) is 3.09. The van der Waals surface area contributed by atoms with Crippen LogP contribution in [0.3, 0.4) is 0 Å². The van der Waals surface area contributed by atoms with E-state index in [1.54, 1.807) is 0 Å². The van der Waals surface area contributed by atoms with Gasteiger partial charge in [-0.25, -0.2) is 6.08 Å². The van der Waals surface area contributed by atoms with Crippen LogP contribution >= 0.6 is 0 Å². The van der Waals surface area contributed by atoms with Crippen LogP contribution in [-0.2, 0) is 32.3 Å². The van der Waals surface area contributed by atoms with E-state index in [4.69, 9.17) is 0 Å². The minimum absolute atomic E-state index is 0. The van der Waals surface area contributed by atoms with Crippen LogP contribution in [0, 0.1) is 6.08 Å². The fourth-order valence-electron chi connectivity index (χ4n) is 2.26. The van der Waals surface area contributed by atoms with Gasteiger partial charge in [0.2, 0.25) is 0 Å². The first-order valence-corrected chi connectivity index (χ1v) is 5.65. The van der Waals surface area contributed by atoms with Gasteiger partial charge < -0.3 is 48.0 Å². The molecule has 2 aromatic rings. The molecule has 0 aliphatic heterocycles. The number of benzene rings is 2. The number of hydrogen-bond donors (Lipinski definition) is 0. The van der Waals surface area contributed by atoms with Crippen molar-refractivity contribution in [3.63, 3.8) is 0 Å². The van der Waals surface area contributed by atoms with E-state index in [-0.39, 0.29) is 73.8 Å².